The monoisotopic (exact) mass is 391 g/mol. The van der Waals surface area contributed by atoms with E-state index in [1.54, 1.807) is 0 Å². The van der Waals surface area contributed by atoms with Crippen molar-refractivity contribution < 1.29 is 4.79 Å². The zero-order valence-electron chi connectivity index (χ0n) is 16.8. The van der Waals surface area contributed by atoms with Gasteiger partial charge in [0.15, 0.2) is 5.78 Å². The van der Waals surface area contributed by atoms with Crippen LogP contribution in [0.15, 0.2) is 121 Å². The van der Waals surface area contributed by atoms with Gasteiger partial charge in [0, 0.05) is 11.6 Å². The molecule has 4 rings (SSSR count). The fraction of sp³-hybridized carbons (Fsp3) is 0.107. The molecule has 0 spiro atoms. The lowest BCUT2D eigenvalue weighted by molar-refractivity contribution is 0.0935. The number of carbonyl (C=O) groups is 1. The molecule has 148 valence electrons. The van der Waals surface area contributed by atoms with E-state index < -0.39 is 6.04 Å². The third-order valence-electron chi connectivity index (χ3n) is 5.31. The lowest BCUT2D eigenvalue weighted by Gasteiger charge is -2.26. The Bertz CT molecular complexity index is 1050. The van der Waals surface area contributed by atoms with Crippen LogP contribution in [0.2, 0.25) is 0 Å². The first kappa shape index (κ1) is 19.8. The van der Waals surface area contributed by atoms with Crippen LogP contribution in [0.5, 0.6) is 0 Å². The molecule has 0 amide bonds. The Morgan fingerprint density at radius 1 is 0.600 bits per heavy atom. The van der Waals surface area contributed by atoms with Gasteiger partial charge >= 0.3 is 0 Å². The summed E-state index contributed by atoms with van der Waals surface area (Å²) in [5, 5.41) is 3.68. The van der Waals surface area contributed by atoms with Gasteiger partial charge in [0.25, 0.3) is 0 Å². The molecule has 1 N–H and O–H groups in total. The summed E-state index contributed by atoms with van der Waals surface area (Å²) in [5.74, 6) is 0.0794. The van der Waals surface area contributed by atoms with Crippen LogP contribution in [0.1, 0.15) is 39.1 Å². The molecule has 0 saturated carbocycles. The fourth-order valence-corrected chi connectivity index (χ4v) is 3.75. The lowest BCUT2D eigenvalue weighted by atomic mass is 9.93. The van der Waals surface area contributed by atoms with Gasteiger partial charge in [-0.15, -0.1) is 0 Å². The zero-order chi connectivity index (χ0) is 20.6. The Morgan fingerprint density at radius 2 is 1.07 bits per heavy atom. The highest BCUT2D eigenvalue weighted by molar-refractivity contribution is 6.00. The summed E-state index contributed by atoms with van der Waals surface area (Å²) in [6, 6.07) is 39.8. The number of ketones is 1. The standard InChI is InChI=1S/C28H25NO/c30-28(25-19-11-4-12-20-25)27(24-17-9-3-10-18-24)29-26(23-15-7-2-8-16-23)21-22-13-5-1-6-14-22/h1-20,26-27,29H,21H2. The fourth-order valence-electron chi connectivity index (χ4n) is 3.75. The van der Waals surface area contributed by atoms with E-state index in [1.807, 2.05) is 84.9 Å². The molecule has 0 aliphatic heterocycles. The number of hydrogen-bond donors (Lipinski definition) is 1. The number of nitrogens with one attached hydrogen (secondary N) is 1. The van der Waals surface area contributed by atoms with Crippen LogP contribution in [0.4, 0.5) is 0 Å². The molecule has 2 atom stereocenters. The minimum Gasteiger partial charge on any atom is -0.296 e. The van der Waals surface area contributed by atoms with Crippen molar-refractivity contribution in [3.05, 3.63) is 144 Å². The summed E-state index contributed by atoms with van der Waals surface area (Å²) < 4.78 is 0. The predicted octanol–water partition coefficient (Wildman–Crippen LogP) is 6.18. The highest BCUT2D eigenvalue weighted by atomic mass is 16.1. The second-order valence-corrected chi connectivity index (χ2v) is 7.39. The van der Waals surface area contributed by atoms with Gasteiger partial charge in [-0.05, 0) is 23.1 Å². The van der Waals surface area contributed by atoms with Crippen molar-refractivity contribution in [1.82, 2.24) is 5.32 Å². The maximum atomic E-state index is 13.5. The van der Waals surface area contributed by atoms with E-state index in [2.05, 4.69) is 41.7 Å². The Labute approximate surface area is 178 Å². The van der Waals surface area contributed by atoms with Gasteiger partial charge in [-0.25, -0.2) is 0 Å². The van der Waals surface area contributed by atoms with Crippen molar-refractivity contribution in [1.29, 1.82) is 0 Å². The molecular weight excluding hydrogens is 366 g/mol. The SMILES string of the molecule is O=C(c1ccccc1)C(NC(Cc1ccccc1)c1ccccc1)c1ccccc1. The first-order chi connectivity index (χ1) is 14.8. The van der Waals surface area contributed by atoms with Crippen LogP contribution >= 0.6 is 0 Å². The van der Waals surface area contributed by atoms with E-state index >= 15 is 0 Å². The van der Waals surface area contributed by atoms with Crippen molar-refractivity contribution in [3.63, 3.8) is 0 Å². The summed E-state index contributed by atoms with van der Waals surface area (Å²) in [6.07, 6.45) is 0.802. The minimum absolute atomic E-state index is 0.00599. The molecule has 2 unspecified atom stereocenters. The van der Waals surface area contributed by atoms with E-state index in [-0.39, 0.29) is 11.8 Å². The summed E-state index contributed by atoms with van der Waals surface area (Å²) in [7, 11) is 0. The molecule has 0 aliphatic rings. The Kier molecular flexibility index (Phi) is 6.48. The van der Waals surface area contributed by atoms with Crippen molar-refractivity contribution in [2.24, 2.45) is 0 Å². The molecule has 0 aromatic heterocycles. The average molecular weight is 392 g/mol. The third-order valence-corrected chi connectivity index (χ3v) is 5.31. The molecule has 30 heavy (non-hydrogen) atoms. The Balaban J connectivity index is 1.70. The predicted molar refractivity (Wildman–Crippen MR) is 122 cm³/mol. The Hall–Kier alpha value is -3.49. The molecule has 2 nitrogen and oxygen atoms in total. The van der Waals surface area contributed by atoms with Gasteiger partial charge < -0.3 is 0 Å². The topological polar surface area (TPSA) is 29.1 Å². The molecule has 0 saturated heterocycles. The van der Waals surface area contributed by atoms with Gasteiger partial charge in [-0.3, -0.25) is 10.1 Å². The van der Waals surface area contributed by atoms with Crippen molar-refractivity contribution in [3.8, 4) is 0 Å². The molecular formula is C28H25NO. The van der Waals surface area contributed by atoms with Gasteiger partial charge in [0.2, 0.25) is 0 Å². The lowest BCUT2D eigenvalue weighted by Crippen LogP contribution is -2.33. The maximum Gasteiger partial charge on any atom is 0.184 e. The summed E-state index contributed by atoms with van der Waals surface area (Å²) >= 11 is 0. The smallest absolute Gasteiger partial charge is 0.184 e. The van der Waals surface area contributed by atoms with Crippen molar-refractivity contribution in [2.45, 2.75) is 18.5 Å². The molecule has 0 aliphatic carbocycles. The summed E-state index contributed by atoms with van der Waals surface area (Å²) in [4.78, 5) is 13.5. The van der Waals surface area contributed by atoms with Crippen LogP contribution in [-0.2, 0) is 6.42 Å². The van der Waals surface area contributed by atoms with Gasteiger partial charge in [-0.2, -0.15) is 0 Å². The van der Waals surface area contributed by atoms with Crippen LogP contribution in [-0.4, -0.2) is 5.78 Å². The molecule has 0 bridgehead atoms. The van der Waals surface area contributed by atoms with E-state index in [9.17, 15) is 4.79 Å². The number of benzene rings is 4. The number of carbonyl (C=O) groups excluding carboxylic acids is 1. The molecule has 0 fully saturated rings. The zero-order valence-corrected chi connectivity index (χ0v) is 16.8. The third kappa shape index (κ3) is 4.91. The second kappa shape index (κ2) is 9.82. The average Bonchev–Trinajstić information content (AvgIpc) is 2.83. The molecule has 0 heterocycles. The second-order valence-electron chi connectivity index (χ2n) is 7.39. The van der Waals surface area contributed by atoms with Gasteiger partial charge in [-0.1, -0.05) is 121 Å². The highest BCUT2D eigenvalue weighted by Crippen LogP contribution is 2.26. The Morgan fingerprint density at radius 3 is 1.63 bits per heavy atom. The number of Topliss-reactive ketones (excluding diaryl/α,β-unsaturated/α-hetero) is 1. The van der Waals surface area contributed by atoms with E-state index in [0.29, 0.717) is 5.56 Å². The quantitative estimate of drug-likeness (QED) is 0.363. The normalized spacial score (nSPS) is 12.8. The van der Waals surface area contributed by atoms with Crippen LogP contribution in [0.25, 0.3) is 0 Å². The maximum absolute atomic E-state index is 13.5. The molecule has 4 aromatic rings. The molecule has 2 heteroatoms. The first-order valence-electron chi connectivity index (χ1n) is 10.3. The number of rotatable bonds is 8. The van der Waals surface area contributed by atoms with E-state index in [0.717, 1.165) is 12.0 Å². The summed E-state index contributed by atoms with van der Waals surface area (Å²) in [5.41, 5.74) is 4.09. The van der Waals surface area contributed by atoms with Crippen LogP contribution in [0, 0.1) is 0 Å². The minimum atomic E-state index is -0.428. The van der Waals surface area contributed by atoms with Crippen molar-refractivity contribution in [2.75, 3.05) is 0 Å². The molecule has 4 aromatic carbocycles. The van der Waals surface area contributed by atoms with E-state index in [4.69, 9.17) is 0 Å². The van der Waals surface area contributed by atoms with Gasteiger partial charge in [0.1, 0.15) is 0 Å². The number of hydrogen-bond acceptors (Lipinski definition) is 2. The largest absolute Gasteiger partial charge is 0.296 e. The van der Waals surface area contributed by atoms with E-state index in [1.165, 1.54) is 11.1 Å². The molecule has 0 radical (unpaired) electrons. The van der Waals surface area contributed by atoms with Crippen LogP contribution in [0.3, 0.4) is 0 Å². The summed E-state index contributed by atoms with van der Waals surface area (Å²) in [6.45, 7) is 0. The van der Waals surface area contributed by atoms with Crippen LogP contribution < -0.4 is 5.32 Å². The first-order valence-corrected chi connectivity index (χ1v) is 10.3. The van der Waals surface area contributed by atoms with Gasteiger partial charge in [0.05, 0.1) is 6.04 Å². The highest BCUT2D eigenvalue weighted by Gasteiger charge is 2.25. The van der Waals surface area contributed by atoms with Crippen molar-refractivity contribution >= 4 is 5.78 Å².